The van der Waals surface area contributed by atoms with Crippen molar-refractivity contribution in [3.05, 3.63) is 35.9 Å². The Labute approximate surface area is 114 Å². The fraction of sp³-hybridized carbons (Fsp3) is 0.533. The van der Waals surface area contributed by atoms with Crippen LogP contribution in [0.25, 0.3) is 0 Å². The summed E-state index contributed by atoms with van der Waals surface area (Å²) in [4.78, 5) is 12.0. The van der Waals surface area contributed by atoms with Crippen LogP contribution in [0.2, 0.25) is 0 Å². The molecular weight excluding hydrogens is 246 g/mol. The highest BCUT2D eigenvalue weighted by atomic mass is 35.5. The molecule has 0 radical (unpaired) electrons. The van der Waals surface area contributed by atoms with Crippen LogP contribution in [-0.2, 0) is 4.79 Å². The van der Waals surface area contributed by atoms with E-state index in [-0.39, 0.29) is 5.91 Å². The molecule has 1 aliphatic carbocycles. The Morgan fingerprint density at radius 3 is 2.56 bits per heavy atom. The molecule has 0 spiro atoms. The van der Waals surface area contributed by atoms with Gasteiger partial charge in [-0.25, -0.2) is 0 Å². The molecule has 0 saturated heterocycles. The fourth-order valence-corrected chi connectivity index (χ4v) is 2.69. The van der Waals surface area contributed by atoms with Crippen LogP contribution in [0.3, 0.4) is 0 Å². The van der Waals surface area contributed by atoms with Gasteiger partial charge in [-0.1, -0.05) is 43.7 Å². The zero-order valence-electron chi connectivity index (χ0n) is 10.8. The molecule has 0 bridgehead atoms. The number of carbonyl (C=O) groups is 1. The molecule has 1 aromatic rings. The Balaban J connectivity index is 1.88. The number of carbonyl (C=O) groups excluding carboxylic acids is 1. The van der Waals surface area contributed by atoms with Crippen LogP contribution < -0.4 is 5.32 Å². The van der Waals surface area contributed by atoms with Gasteiger partial charge in [0.1, 0.15) is 5.38 Å². The number of hydrogen-bond donors (Lipinski definition) is 1. The lowest BCUT2D eigenvalue weighted by atomic mass is 9.67. The summed E-state index contributed by atoms with van der Waals surface area (Å²) < 4.78 is 0. The number of rotatable bonds is 5. The van der Waals surface area contributed by atoms with Gasteiger partial charge >= 0.3 is 0 Å². The maximum absolute atomic E-state index is 12.0. The molecule has 0 aliphatic heterocycles. The van der Waals surface area contributed by atoms with Gasteiger partial charge in [0.2, 0.25) is 5.91 Å². The smallest absolute Gasteiger partial charge is 0.242 e. The van der Waals surface area contributed by atoms with E-state index in [1.165, 1.54) is 19.3 Å². The summed E-state index contributed by atoms with van der Waals surface area (Å²) in [6.07, 6.45) is 4.86. The van der Waals surface area contributed by atoms with Crippen LogP contribution in [0.4, 0.5) is 0 Å². The number of benzene rings is 1. The minimum Gasteiger partial charge on any atom is -0.354 e. The van der Waals surface area contributed by atoms with Crippen LogP contribution in [0.15, 0.2) is 30.3 Å². The summed E-state index contributed by atoms with van der Waals surface area (Å²) >= 11 is 6.18. The topological polar surface area (TPSA) is 29.1 Å². The molecule has 1 saturated carbocycles. The molecule has 0 aromatic heterocycles. The van der Waals surface area contributed by atoms with E-state index in [2.05, 4.69) is 12.2 Å². The first-order valence-corrected chi connectivity index (χ1v) is 7.07. The van der Waals surface area contributed by atoms with Crippen LogP contribution >= 0.6 is 11.6 Å². The SMILES string of the molecule is CCC1(CNC(=O)C(Cl)c2ccccc2)CCC1. The van der Waals surface area contributed by atoms with E-state index in [4.69, 9.17) is 11.6 Å². The number of halogens is 1. The quantitative estimate of drug-likeness (QED) is 0.809. The second kappa shape index (κ2) is 5.75. The lowest BCUT2D eigenvalue weighted by molar-refractivity contribution is -0.121. The van der Waals surface area contributed by atoms with Crippen molar-refractivity contribution >= 4 is 17.5 Å². The fourth-order valence-electron chi connectivity index (χ4n) is 2.47. The molecule has 2 rings (SSSR count). The maximum Gasteiger partial charge on any atom is 0.242 e. The predicted molar refractivity (Wildman–Crippen MR) is 74.6 cm³/mol. The van der Waals surface area contributed by atoms with Crippen LogP contribution in [0.1, 0.15) is 43.5 Å². The van der Waals surface area contributed by atoms with Crippen molar-refractivity contribution in [2.45, 2.75) is 38.0 Å². The minimum atomic E-state index is -0.583. The molecule has 98 valence electrons. The highest BCUT2D eigenvalue weighted by Gasteiger charge is 2.35. The Bertz CT molecular complexity index is 395. The number of hydrogen-bond acceptors (Lipinski definition) is 1. The van der Waals surface area contributed by atoms with Gasteiger partial charge in [0.05, 0.1) is 0 Å². The third-order valence-electron chi connectivity index (χ3n) is 4.12. The first-order chi connectivity index (χ1) is 8.67. The lowest BCUT2D eigenvalue weighted by Gasteiger charge is -2.41. The first-order valence-electron chi connectivity index (χ1n) is 6.64. The summed E-state index contributed by atoms with van der Waals surface area (Å²) in [5, 5.41) is 2.42. The van der Waals surface area contributed by atoms with Gasteiger partial charge in [-0.3, -0.25) is 4.79 Å². The van der Waals surface area contributed by atoms with Crippen molar-refractivity contribution in [3.8, 4) is 0 Å². The number of amides is 1. The van der Waals surface area contributed by atoms with E-state index in [1.807, 2.05) is 30.3 Å². The molecule has 1 atom stereocenters. The van der Waals surface area contributed by atoms with Gasteiger partial charge in [-0.15, -0.1) is 11.6 Å². The number of alkyl halides is 1. The second-order valence-electron chi connectivity index (χ2n) is 5.20. The zero-order valence-corrected chi connectivity index (χ0v) is 11.5. The van der Waals surface area contributed by atoms with E-state index in [1.54, 1.807) is 0 Å². The maximum atomic E-state index is 12.0. The van der Waals surface area contributed by atoms with E-state index in [9.17, 15) is 4.79 Å². The molecule has 1 aliphatic rings. The van der Waals surface area contributed by atoms with Gasteiger partial charge < -0.3 is 5.32 Å². The van der Waals surface area contributed by atoms with Gasteiger partial charge in [0, 0.05) is 6.54 Å². The van der Waals surface area contributed by atoms with E-state index in [0.29, 0.717) is 5.41 Å². The van der Waals surface area contributed by atoms with Crippen molar-refractivity contribution in [1.82, 2.24) is 5.32 Å². The summed E-state index contributed by atoms with van der Waals surface area (Å²) in [7, 11) is 0. The minimum absolute atomic E-state index is 0.0809. The molecule has 1 N–H and O–H groups in total. The van der Waals surface area contributed by atoms with Crippen molar-refractivity contribution in [2.75, 3.05) is 6.54 Å². The van der Waals surface area contributed by atoms with E-state index in [0.717, 1.165) is 18.5 Å². The van der Waals surface area contributed by atoms with Gasteiger partial charge in [0.15, 0.2) is 0 Å². The molecule has 1 unspecified atom stereocenters. The van der Waals surface area contributed by atoms with Gasteiger partial charge in [-0.2, -0.15) is 0 Å². The normalized spacial score (nSPS) is 18.8. The summed E-state index contributed by atoms with van der Waals surface area (Å²) in [6, 6.07) is 9.49. The molecule has 2 nitrogen and oxygen atoms in total. The molecule has 18 heavy (non-hydrogen) atoms. The summed E-state index contributed by atoms with van der Waals surface area (Å²) in [5.41, 5.74) is 1.19. The van der Waals surface area contributed by atoms with Crippen LogP contribution in [0, 0.1) is 5.41 Å². The van der Waals surface area contributed by atoms with E-state index >= 15 is 0 Å². The van der Waals surface area contributed by atoms with E-state index < -0.39 is 5.38 Å². The molecular formula is C15H20ClNO. The van der Waals surface area contributed by atoms with Crippen LogP contribution in [0.5, 0.6) is 0 Å². The third kappa shape index (κ3) is 2.86. The van der Waals surface area contributed by atoms with Crippen LogP contribution in [-0.4, -0.2) is 12.5 Å². The molecule has 3 heteroatoms. The second-order valence-corrected chi connectivity index (χ2v) is 5.63. The highest BCUT2D eigenvalue weighted by Crippen LogP contribution is 2.43. The Morgan fingerprint density at radius 1 is 1.39 bits per heavy atom. The van der Waals surface area contributed by atoms with Crippen molar-refractivity contribution in [2.24, 2.45) is 5.41 Å². The number of nitrogens with one attached hydrogen (secondary N) is 1. The summed E-state index contributed by atoms with van der Waals surface area (Å²) in [5.74, 6) is -0.0809. The predicted octanol–water partition coefficient (Wildman–Crippen LogP) is 3.66. The highest BCUT2D eigenvalue weighted by molar-refractivity contribution is 6.30. The largest absolute Gasteiger partial charge is 0.354 e. The molecule has 1 amide bonds. The Kier molecular flexibility index (Phi) is 4.28. The summed E-state index contributed by atoms with van der Waals surface area (Å²) in [6.45, 7) is 2.96. The Hall–Kier alpha value is -1.02. The van der Waals surface area contributed by atoms with Crippen molar-refractivity contribution < 1.29 is 4.79 Å². The van der Waals surface area contributed by atoms with Gasteiger partial charge in [-0.05, 0) is 30.2 Å². The third-order valence-corrected chi connectivity index (χ3v) is 4.57. The average molecular weight is 266 g/mol. The molecule has 1 aromatic carbocycles. The standard InChI is InChI=1S/C15H20ClNO/c1-2-15(9-6-10-15)11-17-14(18)13(16)12-7-4-3-5-8-12/h3-5,7-8,13H,2,6,9-11H2,1H3,(H,17,18). The van der Waals surface area contributed by atoms with Crippen molar-refractivity contribution in [1.29, 1.82) is 0 Å². The molecule has 0 heterocycles. The monoisotopic (exact) mass is 265 g/mol. The first kappa shape index (κ1) is 13.4. The lowest BCUT2D eigenvalue weighted by Crippen LogP contribution is -2.42. The van der Waals surface area contributed by atoms with Gasteiger partial charge in [0.25, 0.3) is 0 Å². The molecule has 1 fully saturated rings. The van der Waals surface area contributed by atoms with Crippen molar-refractivity contribution in [3.63, 3.8) is 0 Å². The average Bonchev–Trinajstić information content (AvgIpc) is 2.38. The zero-order chi connectivity index (χ0) is 13.0. The Morgan fingerprint density at radius 2 is 2.06 bits per heavy atom.